The van der Waals surface area contributed by atoms with Gasteiger partial charge in [-0.25, -0.2) is 0 Å². The summed E-state index contributed by atoms with van der Waals surface area (Å²) in [6.07, 6.45) is 9.13. The van der Waals surface area contributed by atoms with Crippen molar-refractivity contribution in [2.24, 2.45) is 0 Å². The van der Waals surface area contributed by atoms with Crippen molar-refractivity contribution in [3.8, 4) is 0 Å². The third-order valence-electron chi connectivity index (χ3n) is 2.95. The number of unbranched alkanes of at least 4 members (excludes halogenated alkanes) is 3. The van der Waals surface area contributed by atoms with Crippen LogP contribution in [-0.2, 0) is 9.53 Å². The minimum atomic E-state index is -0.133. The molecule has 2 heteroatoms. The Balaban J connectivity index is 0.000000325. The van der Waals surface area contributed by atoms with Gasteiger partial charge in [-0.1, -0.05) is 52.9 Å². The fraction of sp³-hybridized carbons (Fsp3) is 0.929. The van der Waals surface area contributed by atoms with Gasteiger partial charge in [-0.05, 0) is 19.8 Å². The molecule has 0 aromatic rings. The molecule has 0 spiro atoms. The fourth-order valence-electron chi connectivity index (χ4n) is 1.95. The Morgan fingerprint density at radius 1 is 1.12 bits per heavy atom. The summed E-state index contributed by atoms with van der Waals surface area (Å²) in [4.78, 5) is 10.7. The van der Waals surface area contributed by atoms with E-state index in [0.717, 1.165) is 19.3 Å². The average Bonchev–Trinajstić information content (AvgIpc) is 2.57. The Morgan fingerprint density at radius 3 is 2.00 bits per heavy atom. The molecule has 0 unspecified atom stereocenters. The van der Waals surface area contributed by atoms with E-state index in [1.807, 2.05) is 6.92 Å². The summed E-state index contributed by atoms with van der Waals surface area (Å²) in [6, 6.07) is 0. The molecular weight excluding hydrogens is 200 g/mol. The lowest BCUT2D eigenvalue weighted by atomic mass is 9.97. The van der Waals surface area contributed by atoms with Crippen LogP contribution in [0.3, 0.4) is 0 Å². The monoisotopic (exact) mass is 228 g/mol. The summed E-state index contributed by atoms with van der Waals surface area (Å²) in [5.41, 5.74) is -0.133. The molecule has 0 bridgehead atoms. The normalized spacial score (nSPS) is 23.6. The van der Waals surface area contributed by atoms with Crippen LogP contribution in [0.2, 0.25) is 0 Å². The maximum Gasteiger partial charge on any atom is 0.306 e. The summed E-state index contributed by atoms with van der Waals surface area (Å²) in [7, 11) is 0. The second kappa shape index (κ2) is 8.60. The van der Waals surface area contributed by atoms with E-state index in [2.05, 4.69) is 20.8 Å². The SMILES string of the molecule is CCCCCC.CCC[C@]1(C)CCC(=O)O1. The van der Waals surface area contributed by atoms with Crippen LogP contribution < -0.4 is 0 Å². The lowest BCUT2D eigenvalue weighted by Gasteiger charge is -2.20. The van der Waals surface area contributed by atoms with Gasteiger partial charge in [0, 0.05) is 6.42 Å². The molecule has 1 aliphatic rings. The molecule has 96 valence electrons. The summed E-state index contributed by atoms with van der Waals surface area (Å²) in [5, 5.41) is 0. The van der Waals surface area contributed by atoms with Crippen LogP contribution >= 0.6 is 0 Å². The molecule has 0 N–H and O–H groups in total. The molecule has 1 atom stereocenters. The standard InChI is InChI=1S/C8H14O2.C6H14/c1-3-5-8(2)6-4-7(9)10-8;1-3-5-6-4-2/h3-6H2,1-2H3;3-6H2,1-2H3/t8-;/m1./s1. The number of carbonyl (C=O) groups excluding carboxylic acids is 1. The summed E-state index contributed by atoms with van der Waals surface area (Å²) in [6.45, 7) is 8.59. The Hall–Kier alpha value is -0.530. The predicted molar refractivity (Wildman–Crippen MR) is 68.5 cm³/mol. The molecule has 1 heterocycles. The van der Waals surface area contributed by atoms with Crippen LogP contribution in [0.1, 0.15) is 79.1 Å². The highest BCUT2D eigenvalue weighted by Crippen LogP contribution is 2.30. The molecule has 0 aliphatic carbocycles. The van der Waals surface area contributed by atoms with Crippen molar-refractivity contribution in [3.63, 3.8) is 0 Å². The molecule has 1 saturated heterocycles. The first-order chi connectivity index (χ1) is 7.58. The van der Waals surface area contributed by atoms with Crippen molar-refractivity contribution in [1.82, 2.24) is 0 Å². The largest absolute Gasteiger partial charge is 0.459 e. The number of hydrogen-bond donors (Lipinski definition) is 0. The number of ether oxygens (including phenoxy) is 1. The molecule has 0 aromatic carbocycles. The predicted octanol–water partition coefficient (Wildman–Crippen LogP) is 4.47. The molecule has 1 aliphatic heterocycles. The van der Waals surface area contributed by atoms with E-state index in [9.17, 15) is 4.79 Å². The minimum absolute atomic E-state index is 0.0315. The molecule has 1 rings (SSSR count). The van der Waals surface area contributed by atoms with E-state index in [-0.39, 0.29) is 11.6 Å². The Bertz CT molecular complexity index is 185. The van der Waals surface area contributed by atoms with Gasteiger partial charge in [0.25, 0.3) is 0 Å². The van der Waals surface area contributed by atoms with E-state index >= 15 is 0 Å². The van der Waals surface area contributed by atoms with Crippen molar-refractivity contribution in [2.75, 3.05) is 0 Å². The molecule has 16 heavy (non-hydrogen) atoms. The van der Waals surface area contributed by atoms with Crippen LogP contribution in [0, 0.1) is 0 Å². The zero-order valence-corrected chi connectivity index (χ0v) is 11.5. The third kappa shape index (κ3) is 6.86. The van der Waals surface area contributed by atoms with E-state index < -0.39 is 0 Å². The molecule has 2 nitrogen and oxygen atoms in total. The van der Waals surface area contributed by atoms with Gasteiger partial charge in [0.1, 0.15) is 5.60 Å². The highest BCUT2D eigenvalue weighted by atomic mass is 16.6. The number of hydrogen-bond acceptors (Lipinski definition) is 2. The number of carbonyl (C=O) groups is 1. The maximum atomic E-state index is 10.7. The maximum absolute atomic E-state index is 10.7. The first-order valence-electron chi connectivity index (χ1n) is 6.79. The Labute approximate surface area is 101 Å². The zero-order valence-electron chi connectivity index (χ0n) is 11.5. The number of rotatable bonds is 5. The number of esters is 1. The van der Waals surface area contributed by atoms with Crippen LogP contribution in [-0.4, -0.2) is 11.6 Å². The van der Waals surface area contributed by atoms with Gasteiger partial charge in [-0.3, -0.25) is 4.79 Å². The second-order valence-corrected chi connectivity index (χ2v) is 4.88. The molecule has 0 radical (unpaired) electrons. The molecule has 1 fully saturated rings. The highest BCUT2D eigenvalue weighted by molar-refractivity contribution is 5.72. The third-order valence-corrected chi connectivity index (χ3v) is 2.95. The lowest BCUT2D eigenvalue weighted by Crippen LogP contribution is -2.22. The van der Waals surface area contributed by atoms with E-state index in [1.54, 1.807) is 0 Å². The van der Waals surface area contributed by atoms with Crippen molar-refractivity contribution in [2.45, 2.75) is 84.7 Å². The summed E-state index contributed by atoms with van der Waals surface area (Å²) in [5.74, 6) is -0.0315. The summed E-state index contributed by atoms with van der Waals surface area (Å²) < 4.78 is 5.15. The van der Waals surface area contributed by atoms with Crippen LogP contribution in [0.15, 0.2) is 0 Å². The first kappa shape index (κ1) is 15.5. The Morgan fingerprint density at radius 2 is 1.69 bits per heavy atom. The lowest BCUT2D eigenvalue weighted by molar-refractivity contribution is -0.147. The van der Waals surface area contributed by atoms with Crippen molar-refractivity contribution in [1.29, 1.82) is 0 Å². The molecule has 0 amide bonds. The van der Waals surface area contributed by atoms with Gasteiger partial charge in [-0.15, -0.1) is 0 Å². The van der Waals surface area contributed by atoms with Gasteiger partial charge in [0.05, 0.1) is 0 Å². The minimum Gasteiger partial charge on any atom is -0.459 e. The van der Waals surface area contributed by atoms with Crippen LogP contribution in [0.4, 0.5) is 0 Å². The quantitative estimate of drug-likeness (QED) is 0.512. The van der Waals surface area contributed by atoms with Gasteiger partial charge < -0.3 is 4.74 Å². The topological polar surface area (TPSA) is 26.3 Å². The molecular formula is C14H28O2. The van der Waals surface area contributed by atoms with Gasteiger partial charge in [-0.2, -0.15) is 0 Å². The van der Waals surface area contributed by atoms with Gasteiger partial charge in [0.2, 0.25) is 0 Å². The van der Waals surface area contributed by atoms with Crippen LogP contribution in [0.5, 0.6) is 0 Å². The zero-order chi connectivity index (χ0) is 12.4. The smallest absolute Gasteiger partial charge is 0.306 e. The van der Waals surface area contributed by atoms with Gasteiger partial charge >= 0.3 is 5.97 Å². The first-order valence-corrected chi connectivity index (χ1v) is 6.79. The van der Waals surface area contributed by atoms with E-state index in [1.165, 1.54) is 25.7 Å². The average molecular weight is 228 g/mol. The Kier molecular flexibility index (Phi) is 8.32. The number of cyclic esters (lactones) is 1. The van der Waals surface area contributed by atoms with Gasteiger partial charge in [0.15, 0.2) is 0 Å². The molecule has 0 saturated carbocycles. The van der Waals surface area contributed by atoms with Crippen molar-refractivity contribution in [3.05, 3.63) is 0 Å². The van der Waals surface area contributed by atoms with Crippen molar-refractivity contribution >= 4 is 5.97 Å². The second-order valence-electron chi connectivity index (χ2n) is 4.88. The van der Waals surface area contributed by atoms with E-state index in [4.69, 9.17) is 4.74 Å². The fourth-order valence-corrected chi connectivity index (χ4v) is 1.95. The molecule has 0 aromatic heterocycles. The van der Waals surface area contributed by atoms with Crippen LogP contribution in [0.25, 0.3) is 0 Å². The van der Waals surface area contributed by atoms with E-state index in [0.29, 0.717) is 6.42 Å². The van der Waals surface area contributed by atoms with Crippen molar-refractivity contribution < 1.29 is 9.53 Å². The summed E-state index contributed by atoms with van der Waals surface area (Å²) >= 11 is 0. The highest BCUT2D eigenvalue weighted by Gasteiger charge is 2.34.